The van der Waals surface area contributed by atoms with Crippen molar-refractivity contribution in [1.29, 1.82) is 0 Å². The lowest BCUT2D eigenvalue weighted by atomic mass is 10.1. The molecule has 0 fully saturated rings. The highest BCUT2D eigenvalue weighted by atomic mass is 19.1. The van der Waals surface area contributed by atoms with E-state index in [1.165, 1.54) is 25.3 Å². The zero-order valence-electron chi connectivity index (χ0n) is 9.39. The molecule has 17 heavy (non-hydrogen) atoms. The van der Waals surface area contributed by atoms with E-state index in [1.54, 1.807) is 6.07 Å². The van der Waals surface area contributed by atoms with Gasteiger partial charge in [-0.15, -0.1) is 0 Å². The molecule has 0 heterocycles. The van der Waals surface area contributed by atoms with Gasteiger partial charge in [0.05, 0.1) is 6.61 Å². The van der Waals surface area contributed by atoms with Gasteiger partial charge >= 0.3 is 6.09 Å². The average Bonchev–Trinajstić information content (AvgIpc) is 2.28. The largest absolute Gasteiger partial charge is 0.439 e. The molecule has 1 atom stereocenters. The molecule has 0 radical (unpaired) electrons. The van der Waals surface area contributed by atoms with Crippen LogP contribution in [0.4, 0.5) is 9.18 Å². The van der Waals surface area contributed by atoms with Crippen molar-refractivity contribution in [3.63, 3.8) is 0 Å². The number of halogens is 1. The molecular weight excluding hydrogens is 229 g/mol. The summed E-state index contributed by atoms with van der Waals surface area (Å²) in [6.45, 7) is -0.00914. The first-order valence-corrected chi connectivity index (χ1v) is 4.92. The molecule has 0 unspecified atom stereocenters. The second-order valence-electron chi connectivity index (χ2n) is 3.22. The number of carbonyl (C=O) groups is 1. The SMILES string of the molecule is COCOC[C@@H](OC(N)=O)c1ccccc1F. The Kier molecular flexibility index (Phi) is 5.38. The molecule has 0 aliphatic heterocycles. The lowest BCUT2D eigenvalue weighted by Crippen LogP contribution is -2.22. The van der Waals surface area contributed by atoms with Crippen molar-refractivity contribution in [2.45, 2.75) is 6.10 Å². The Morgan fingerprint density at radius 1 is 1.47 bits per heavy atom. The Labute approximate surface area is 98.3 Å². The van der Waals surface area contributed by atoms with Crippen LogP contribution in [0.5, 0.6) is 0 Å². The highest BCUT2D eigenvalue weighted by molar-refractivity contribution is 5.65. The number of hydrogen-bond donors (Lipinski definition) is 1. The molecule has 0 bridgehead atoms. The van der Waals surface area contributed by atoms with Crippen LogP contribution in [0.2, 0.25) is 0 Å². The molecule has 6 heteroatoms. The second kappa shape index (κ2) is 6.82. The zero-order chi connectivity index (χ0) is 12.7. The van der Waals surface area contributed by atoms with Gasteiger partial charge in [0.15, 0.2) is 6.10 Å². The maximum Gasteiger partial charge on any atom is 0.405 e. The normalized spacial score (nSPS) is 12.1. The van der Waals surface area contributed by atoms with E-state index in [0.29, 0.717) is 0 Å². The van der Waals surface area contributed by atoms with Crippen LogP contribution >= 0.6 is 0 Å². The fourth-order valence-corrected chi connectivity index (χ4v) is 1.30. The van der Waals surface area contributed by atoms with Crippen LogP contribution in [0.25, 0.3) is 0 Å². The van der Waals surface area contributed by atoms with E-state index in [2.05, 4.69) is 4.74 Å². The number of nitrogens with two attached hydrogens (primary N) is 1. The van der Waals surface area contributed by atoms with Gasteiger partial charge in [-0.3, -0.25) is 0 Å². The fourth-order valence-electron chi connectivity index (χ4n) is 1.30. The summed E-state index contributed by atoms with van der Waals surface area (Å²) in [5.74, 6) is -0.486. The quantitative estimate of drug-likeness (QED) is 0.608. The summed E-state index contributed by atoms with van der Waals surface area (Å²) in [5.41, 5.74) is 5.13. The van der Waals surface area contributed by atoms with E-state index >= 15 is 0 Å². The van der Waals surface area contributed by atoms with Crippen LogP contribution in [0.3, 0.4) is 0 Å². The minimum absolute atomic E-state index is 0.0209. The van der Waals surface area contributed by atoms with Crippen LogP contribution in [0, 0.1) is 5.82 Å². The van der Waals surface area contributed by atoms with Crippen molar-refractivity contribution in [3.8, 4) is 0 Å². The molecule has 2 N–H and O–H groups in total. The Balaban J connectivity index is 2.75. The van der Waals surface area contributed by atoms with E-state index in [9.17, 15) is 9.18 Å². The molecule has 1 rings (SSSR count). The van der Waals surface area contributed by atoms with E-state index < -0.39 is 18.0 Å². The average molecular weight is 243 g/mol. The fraction of sp³-hybridized carbons (Fsp3) is 0.364. The Morgan fingerprint density at radius 2 is 2.18 bits per heavy atom. The number of amides is 1. The van der Waals surface area contributed by atoms with Crippen LogP contribution in [-0.4, -0.2) is 26.6 Å². The molecular formula is C11H14FNO4. The van der Waals surface area contributed by atoms with Crippen LogP contribution in [0.15, 0.2) is 24.3 Å². The van der Waals surface area contributed by atoms with E-state index in [4.69, 9.17) is 15.2 Å². The molecule has 0 aliphatic carbocycles. The zero-order valence-corrected chi connectivity index (χ0v) is 9.39. The van der Waals surface area contributed by atoms with Gasteiger partial charge < -0.3 is 19.9 Å². The molecule has 5 nitrogen and oxygen atoms in total. The molecule has 1 aromatic carbocycles. The summed E-state index contributed by atoms with van der Waals surface area (Å²) < 4.78 is 28.0. The number of rotatable bonds is 6. The first-order chi connectivity index (χ1) is 8.15. The van der Waals surface area contributed by atoms with Crippen molar-refractivity contribution in [3.05, 3.63) is 35.6 Å². The number of ether oxygens (including phenoxy) is 3. The Bertz CT molecular complexity index is 372. The van der Waals surface area contributed by atoms with Crippen molar-refractivity contribution in [2.24, 2.45) is 5.73 Å². The maximum atomic E-state index is 13.5. The second-order valence-corrected chi connectivity index (χ2v) is 3.22. The number of methoxy groups -OCH3 is 1. The van der Waals surface area contributed by atoms with Gasteiger partial charge in [0.1, 0.15) is 12.6 Å². The Hall–Kier alpha value is -1.66. The molecule has 1 amide bonds. The first kappa shape index (κ1) is 13.4. The van der Waals surface area contributed by atoms with Crippen LogP contribution in [-0.2, 0) is 14.2 Å². The lowest BCUT2D eigenvalue weighted by molar-refractivity contribution is -0.0645. The van der Waals surface area contributed by atoms with Gasteiger partial charge in [-0.1, -0.05) is 18.2 Å². The third-order valence-electron chi connectivity index (χ3n) is 1.98. The lowest BCUT2D eigenvalue weighted by Gasteiger charge is -2.17. The van der Waals surface area contributed by atoms with Crippen molar-refractivity contribution < 1.29 is 23.4 Å². The van der Waals surface area contributed by atoms with Gasteiger partial charge in [0, 0.05) is 12.7 Å². The molecule has 1 aromatic rings. The van der Waals surface area contributed by atoms with Crippen LogP contribution < -0.4 is 5.73 Å². The smallest absolute Gasteiger partial charge is 0.405 e. The van der Waals surface area contributed by atoms with Crippen molar-refractivity contribution in [2.75, 3.05) is 20.5 Å². The topological polar surface area (TPSA) is 70.8 Å². The Morgan fingerprint density at radius 3 is 2.76 bits per heavy atom. The summed E-state index contributed by atoms with van der Waals surface area (Å²) >= 11 is 0. The summed E-state index contributed by atoms with van der Waals surface area (Å²) in [6, 6.07) is 5.93. The van der Waals surface area contributed by atoms with Gasteiger partial charge in [0.25, 0.3) is 0 Å². The molecule has 0 saturated heterocycles. The van der Waals surface area contributed by atoms with Crippen molar-refractivity contribution >= 4 is 6.09 Å². The summed E-state index contributed by atoms with van der Waals surface area (Å²) in [5, 5.41) is 0. The highest BCUT2D eigenvalue weighted by Crippen LogP contribution is 2.20. The van der Waals surface area contributed by atoms with E-state index in [0.717, 1.165) is 0 Å². The number of hydrogen-bond acceptors (Lipinski definition) is 4. The molecule has 0 aromatic heterocycles. The standard InChI is InChI=1S/C11H14FNO4/c1-15-7-16-6-10(17-11(13)14)8-4-2-3-5-9(8)12/h2-5,10H,6-7H2,1H3,(H2,13,14)/t10-/m1/s1. The summed E-state index contributed by atoms with van der Waals surface area (Å²) in [4.78, 5) is 10.7. The third-order valence-corrected chi connectivity index (χ3v) is 1.98. The minimum Gasteiger partial charge on any atom is -0.439 e. The molecule has 94 valence electrons. The maximum absolute atomic E-state index is 13.5. The molecule has 0 saturated carbocycles. The molecule has 0 aliphatic rings. The van der Waals surface area contributed by atoms with E-state index in [-0.39, 0.29) is 19.0 Å². The number of benzene rings is 1. The van der Waals surface area contributed by atoms with E-state index in [1.807, 2.05) is 0 Å². The van der Waals surface area contributed by atoms with Gasteiger partial charge in [-0.25, -0.2) is 9.18 Å². The predicted octanol–water partition coefficient (Wildman–Crippen LogP) is 1.58. The first-order valence-electron chi connectivity index (χ1n) is 4.92. The van der Waals surface area contributed by atoms with Crippen LogP contribution in [0.1, 0.15) is 11.7 Å². The monoisotopic (exact) mass is 243 g/mol. The van der Waals surface area contributed by atoms with Gasteiger partial charge in [-0.2, -0.15) is 0 Å². The number of primary amides is 1. The van der Waals surface area contributed by atoms with Gasteiger partial charge in [0.2, 0.25) is 0 Å². The predicted molar refractivity (Wildman–Crippen MR) is 57.6 cm³/mol. The third kappa shape index (κ3) is 4.38. The van der Waals surface area contributed by atoms with Gasteiger partial charge in [-0.05, 0) is 6.07 Å². The summed E-state index contributed by atoms with van der Waals surface area (Å²) in [7, 11) is 1.45. The van der Waals surface area contributed by atoms with Crippen molar-refractivity contribution in [1.82, 2.24) is 0 Å². The summed E-state index contributed by atoms with van der Waals surface area (Å²) in [6.07, 6.45) is -1.87. The highest BCUT2D eigenvalue weighted by Gasteiger charge is 2.19. The number of carbonyl (C=O) groups excluding carboxylic acids is 1. The minimum atomic E-state index is -0.987. The molecule has 0 spiro atoms.